The van der Waals surface area contributed by atoms with E-state index in [1.54, 1.807) is 0 Å². The van der Waals surface area contributed by atoms with Gasteiger partial charge in [-0.2, -0.15) is 0 Å². The number of nitrogens with one attached hydrogen (secondary N) is 1. The first kappa shape index (κ1) is 9.10. The number of aromatic amines is 1. The first-order valence-electron chi connectivity index (χ1n) is 4.79. The minimum atomic E-state index is 0.615. The molecule has 1 aliphatic carbocycles. The van der Waals surface area contributed by atoms with E-state index in [1.807, 2.05) is 6.20 Å². The summed E-state index contributed by atoms with van der Waals surface area (Å²) in [4.78, 5) is 3.07. The van der Waals surface area contributed by atoms with Gasteiger partial charge in [-0.1, -0.05) is 18.5 Å². The first-order chi connectivity index (χ1) is 6.24. The molecule has 0 saturated carbocycles. The van der Waals surface area contributed by atoms with Gasteiger partial charge < -0.3 is 10.7 Å². The fourth-order valence-corrected chi connectivity index (χ4v) is 2.61. The van der Waals surface area contributed by atoms with E-state index in [2.05, 4.69) is 11.9 Å². The summed E-state index contributed by atoms with van der Waals surface area (Å²) in [7, 11) is 0. The summed E-state index contributed by atoms with van der Waals surface area (Å²) in [5.74, 6) is 1.31. The van der Waals surface area contributed by atoms with E-state index >= 15 is 0 Å². The van der Waals surface area contributed by atoms with Crippen molar-refractivity contribution in [2.24, 2.45) is 11.7 Å². The Morgan fingerprint density at radius 1 is 1.69 bits per heavy atom. The number of halogens is 1. The first-order valence-corrected chi connectivity index (χ1v) is 5.17. The zero-order valence-corrected chi connectivity index (χ0v) is 8.56. The molecule has 0 spiro atoms. The number of hydrogen-bond donors (Lipinski definition) is 2. The predicted octanol–water partition coefficient (Wildman–Crippen LogP) is 2.29. The molecule has 13 heavy (non-hydrogen) atoms. The summed E-state index contributed by atoms with van der Waals surface area (Å²) < 4.78 is 0. The Morgan fingerprint density at radius 2 is 2.46 bits per heavy atom. The van der Waals surface area contributed by atoms with Gasteiger partial charge in [0.1, 0.15) is 5.15 Å². The van der Waals surface area contributed by atoms with Gasteiger partial charge in [-0.25, -0.2) is 0 Å². The van der Waals surface area contributed by atoms with Crippen LogP contribution in [0.15, 0.2) is 6.20 Å². The van der Waals surface area contributed by atoms with E-state index in [0.717, 1.165) is 24.5 Å². The maximum atomic E-state index is 6.03. The van der Waals surface area contributed by atoms with Gasteiger partial charge in [-0.15, -0.1) is 0 Å². The van der Waals surface area contributed by atoms with Crippen molar-refractivity contribution in [3.63, 3.8) is 0 Å². The van der Waals surface area contributed by atoms with E-state index in [9.17, 15) is 0 Å². The molecule has 2 rings (SSSR count). The lowest BCUT2D eigenvalue weighted by atomic mass is 9.92. The smallest absolute Gasteiger partial charge is 0.109 e. The number of hydrogen-bond acceptors (Lipinski definition) is 1. The zero-order valence-electron chi connectivity index (χ0n) is 7.81. The van der Waals surface area contributed by atoms with Crippen molar-refractivity contribution >= 4 is 11.6 Å². The molecule has 2 unspecified atom stereocenters. The highest BCUT2D eigenvalue weighted by Crippen LogP contribution is 2.42. The molecule has 3 N–H and O–H groups in total. The Kier molecular flexibility index (Phi) is 2.35. The van der Waals surface area contributed by atoms with Crippen LogP contribution in [0.5, 0.6) is 0 Å². The van der Waals surface area contributed by atoms with Crippen LogP contribution in [0.4, 0.5) is 0 Å². The van der Waals surface area contributed by atoms with Crippen LogP contribution < -0.4 is 5.73 Å². The molecule has 1 aromatic rings. The molecule has 0 radical (unpaired) electrons. The zero-order chi connectivity index (χ0) is 9.42. The Bertz CT molecular complexity index is 306. The lowest BCUT2D eigenvalue weighted by Gasteiger charge is -2.14. The lowest BCUT2D eigenvalue weighted by Crippen LogP contribution is -2.10. The monoisotopic (exact) mass is 198 g/mol. The molecule has 72 valence electrons. The van der Waals surface area contributed by atoms with Gasteiger partial charge >= 0.3 is 0 Å². The summed E-state index contributed by atoms with van der Waals surface area (Å²) in [5.41, 5.74) is 8.30. The Balaban J connectivity index is 2.30. The molecule has 1 heterocycles. The summed E-state index contributed by atoms with van der Waals surface area (Å²) in [6.07, 6.45) is 4.21. The third-order valence-electron chi connectivity index (χ3n) is 3.06. The van der Waals surface area contributed by atoms with E-state index in [4.69, 9.17) is 17.3 Å². The molecular formula is C10H15ClN2. The Hall–Kier alpha value is -0.470. The average molecular weight is 199 g/mol. The molecule has 0 bridgehead atoms. The van der Waals surface area contributed by atoms with Crippen molar-refractivity contribution < 1.29 is 0 Å². The van der Waals surface area contributed by atoms with Crippen LogP contribution in [-0.4, -0.2) is 11.5 Å². The Labute approximate surface area is 83.5 Å². The highest BCUT2D eigenvalue weighted by atomic mass is 35.5. The van der Waals surface area contributed by atoms with E-state index in [-0.39, 0.29) is 0 Å². The van der Waals surface area contributed by atoms with Crippen molar-refractivity contribution in [2.45, 2.75) is 25.7 Å². The largest absolute Gasteiger partial charge is 0.352 e. The van der Waals surface area contributed by atoms with Crippen LogP contribution in [0.25, 0.3) is 0 Å². The van der Waals surface area contributed by atoms with Gasteiger partial charge in [-0.05, 0) is 42.3 Å². The minimum Gasteiger partial charge on any atom is -0.352 e. The second-order valence-corrected chi connectivity index (χ2v) is 4.28. The van der Waals surface area contributed by atoms with Crippen LogP contribution in [0.3, 0.4) is 0 Å². The van der Waals surface area contributed by atoms with Crippen LogP contribution >= 0.6 is 11.6 Å². The quantitative estimate of drug-likeness (QED) is 0.753. The molecular weight excluding hydrogens is 184 g/mol. The number of fused-ring (bicyclic) bond motifs is 1. The molecule has 3 heteroatoms. The highest BCUT2D eigenvalue weighted by Gasteiger charge is 2.31. The minimum absolute atomic E-state index is 0.615. The maximum Gasteiger partial charge on any atom is 0.109 e. The summed E-state index contributed by atoms with van der Waals surface area (Å²) in [6.45, 7) is 3.04. The van der Waals surface area contributed by atoms with E-state index in [0.29, 0.717) is 11.8 Å². The number of H-pyrrole nitrogens is 1. The van der Waals surface area contributed by atoms with Gasteiger partial charge in [0.25, 0.3) is 0 Å². The fraction of sp³-hybridized carbons (Fsp3) is 0.600. The second-order valence-electron chi connectivity index (χ2n) is 3.90. The third-order valence-corrected chi connectivity index (χ3v) is 3.40. The summed E-state index contributed by atoms with van der Waals surface area (Å²) in [6, 6.07) is 0. The van der Waals surface area contributed by atoms with Gasteiger partial charge in [0, 0.05) is 6.20 Å². The fourth-order valence-electron chi connectivity index (χ4n) is 2.37. The molecule has 0 aromatic carbocycles. The van der Waals surface area contributed by atoms with Crippen LogP contribution in [0, 0.1) is 5.92 Å². The lowest BCUT2D eigenvalue weighted by molar-refractivity contribution is 0.473. The van der Waals surface area contributed by atoms with Crippen molar-refractivity contribution in [3.8, 4) is 0 Å². The molecule has 0 amide bonds. The molecule has 1 aromatic heterocycles. The highest BCUT2D eigenvalue weighted by molar-refractivity contribution is 6.30. The van der Waals surface area contributed by atoms with Crippen LogP contribution in [-0.2, 0) is 6.42 Å². The molecule has 1 aliphatic rings. The van der Waals surface area contributed by atoms with Crippen LogP contribution in [0.2, 0.25) is 5.15 Å². The van der Waals surface area contributed by atoms with Gasteiger partial charge in [0.05, 0.1) is 0 Å². The average Bonchev–Trinajstić information content (AvgIpc) is 2.58. The molecule has 2 nitrogen and oxygen atoms in total. The maximum absolute atomic E-state index is 6.03. The third kappa shape index (κ3) is 1.38. The summed E-state index contributed by atoms with van der Waals surface area (Å²) >= 11 is 6.03. The van der Waals surface area contributed by atoms with Gasteiger partial charge in [0.2, 0.25) is 0 Å². The normalized spacial score (nSPS) is 26.4. The standard InChI is InChI=1S/C10H15ClN2/c1-6-4-8-9(5-13-10(8)11)7(6)2-3-12/h5-7,13H,2-4,12H2,1H3. The summed E-state index contributed by atoms with van der Waals surface area (Å²) in [5, 5.41) is 0.821. The SMILES string of the molecule is CC1Cc2c(c[nH]c2Cl)C1CCN. The van der Waals surface area contributed by atoms with Crippen molar-refractivity contribution in [1.82, 2.24) is 4.98 Å². The van der Waals surface area contributed by atoms with Gasteiger partial charge in [-0.3, -0.25) is 0 Å². The topological polar surface area (TPSA) is 41.8 Å². The molecule has 0 fully saturated rings. The number of aromatic nitrogens is 1. The van der Waals surface area contributed by atoms with Gasteiger partial charge in [0.15, 0.2) is 0 Å². The number of rotatable bonds is 2. The van der Waals surface area contributed by atoms with Crippen molar-refractivity contribution in [3.05, 3.63) is 22.5 Å². The van der Waals surface area contributed by atoms with E-state index < -0.39 is 0 Å². The Morgan fingerprint density at radius 3 is 3.15 bits per heavy atom. The number of nitrogens with two attached hydrogens (primary N) is 1. The molecule has 0 saturated heterocycles. The van der Waals surface area contributed by atoms with E-state index in [1.165, 1.54) is 11.1 Å². The molecule has 2 atom stereocenters. The second kappa shape index (κ2) is 3.35. The van der Waals surface area contributed by atoms with Crippen LogP contribution in [0.1, 0.15) is 30.4 Å². The molecule has 0 aliphatic heterocycles. The van der Waals surface area contributed by atoms with Crippen molar-refractivity contribution in [1.29, 1.82) is 0 Å². The van der Waals surface area contributed by atoms with Crippen molar-refractivity contribution in [2.75, 3.05) is 6.54 Å². The predicted molar refractivity (Wildman–Crippen MR) is 55.1 cm³/mol.